The summed E-state index contributed by atoms with van der Waals surface area (Å²) in [4.78, 5) is 4.13. The van der Waals surface area contributed by atoms with E-state index in [4.69, 9.17) is 9.47 Å². The summed E-state index contributed by atoms with van der Waals surface area (Å²) in [6, 6.07) is 9.31. The average molecular weight is 310 g/mol. The van der Waals surface area contributed by atoms with Crippen molar-refractivity contribution in [2.24, 2.45) is 0 Å². The molecule has 0 atom stereocenters. The van der Waals surface area contributed by atoms with Gasteiger partial charge in [-0.25, -0.2) is 4.68 Å². The van der Waals surface area contributed by atoms with Gasteiger partial charge in [-0.2, -0.15) is 0 Å². The highest BCUT2D eigenvalue weighted by atomic mass is 16.6. The minimum Gasteiger partial charge on any atom is -0.486 e. The smallest absolute Gasteiger partial charge is 0.163 e. The Morgan fingerprint density at radius 1 is 1.13 bits per heavy atom. The fraction of sp³-hybridized carbons (Fsp3) is 0.188. The fourth-order valence-corrected chi connectivity index (χ4v) is 2.56. The second-order valence-corrected chi connectivity index (χ2v) is 5.02. The van der Waals surface area contributed by atoms with E-state index >= 15 is 0 Å². The van der Waals surface area contributed by atoms with Crippen LogP contribution in [0.3, 0.4) is 0 Å². The first-order chi connectivity index (χ1) is 11.4. The second-order valence-electron chi connectivity index (χ2n) is 5.02. The number of hydrogen-bond acceptors (Lipinski definition) is 6. The Labute approximate surface area is 132 Å². The summed E-state index contributed by atoms with van der Waals surface area (Å²) in [5, 5.41) is 17.8. The SMILES string of the molecule is OCc1nnn(-c2ccc3c(c2)OCCO3)c1-c1cccnc1. The molecule has 0 saturated carbocycles. The molecule has 7 nitrogen and oxygen atoms in total. The van der Waals surface area contributed by atoms with Crippen molar-refractivity contribution in [2.45, 2.75) is 6.61 Å². The molecule has 0 fully saturated rings. The number of ether oxygens (including phenoxy) is 2. The maximum atomic E-state index is 9.55. The Balaban J connectivity index is 1.85. The summed E-state index contributed by atoms with van der Waals surface area (Å²) in [6.45, 7) is 0.866. The van der Waals surface area contributed by atoms with Crippen molar-refractivity contribution in [2.75, 3.05) is 13.2 Å². The number of pyridine rings is 1. The van der Waals surface area contributed by atoms with Gasteiger partial charge in [0.05, 0.1) is 12.3 Å². The predicted molar refractivity (Wildman–Crippen MR) is 81.5 cm³/mol. The highest BCUT2D eigenvalue weighted by Gasteiger charge is 2.18. The fourth-order valence-electron chi connectivity index (χ4n) is 2.56. The van der Waals surface area contributed by atoms with Crippen molar-refractivity contribution < 1.29 is 14.6 Å². The van der Waals surface area contributed by atoms with Gasteiger partial charge in [0, 0.05) is 24.0 Å². The number of fused-ring (bicyclic) bond motifs is 1. The third kappa shape index (κ3) is 2.40. The van der Waals surface area contributed by atoms with Gasteiger partial charge < -0.3 is 14.6 Å². The Bertz CT molecular complexity index is 833. The molecule has 116 valence electrons. The number of benzene rings is 1. The molecule has 7 heteroatoms. The zero-order chi connectivity index (χ0) is 15.6. The molecule has 1 aromatic carbocycles. The van der Waals surface area contributed by atoms with Crippen LogP contribution in [0.4, 0.5) is 0 Å². The summed E-state index contributed by atoms with van der Waals surface area (Å²) in [5.41, 5.74) is 2.81. The summed E-state index contributed by atoms with van der Waals surface area (Å²) >= 11 is 0. The van der Waals surface area contributed by atoms with Gasteiger partial charge in [0.2, 0.25) is 0 Å². The van der Waals surface area contributed by atoms with Crippen LogP contribution in [0.2, 0.25) is 0 Å². The van der Waals surface area contributed by atoms with Crippen molar-refractivity contribution in [1.29, 1.82) is 0 Å². The zero-order valence-electron chi connectivity index (χ0n) is 12.2. The Kier molecular flexibility index (Phi) is 3.39. The van der Waals surface area contributed by atoms with Crippen molar-refractivity contribution >= 4 is 0 Å². The molecule has 23 heavy (non-hydrogen) atoms. The van der Waals surface area contributed by atoms with Gasteiger partial charge >= 0.3 is 0 Å². The number of aliphatic hydroxyl groups excluding tert-OH is 1. The molecule has 1 N–H and O–H groups in total. The van der Waals surface area contributed by atoms with Crippen LogP contribution in [0, 0.1) is 0 Å². The summed E-state index contributed by atoms with van der Waals surface area (Å²) in [6.07, 6.45) is 3.41. The first kappa shape index (κ1) is 13.7. The lowest BCUT2D eigenvalue weighted by Gasteiger charge is -2.19. The van der Waals surface area contributed by atoms with Crippen LogP contribution < -0.4 is 9.47 Å². The predicted octanol–water partition coefficient (Wildman–Crippen LogP) is 1.59. The molecule has 2 aromatic heterocycles. The average Bonchev–Trinajstić information content (AvgIpc) is 3.06. The van der Waals surface area contributed by atoms with Gasteiger partial charge in [-0.1, -0.05) is 5.21 Å². The van der Waals surface area contributed by atoms with Gasteiger partial charge in [-0.3, -0.25) is 4.98 Å². The standard InChI is InChI=1S/C16H14N4O3/c21-10-13-16(11-2-1-5-17-9-11)20(19-18-13)12-3-4-14-15(8-12)23-7-6-22-14/h1-5,8-9,21H,6-7,10H2. The molecule has 0 saturated heterocycles. The Morgan fingerprint density at radius 3 is 2.78 bits per heavy atom. The third-order valence-electron chi connectivity index (χ3n) is 3.60. The molecule has 0 bridgehead atoms. The van der Waals surface area contributed by atoms with Crippen LogP contribution >= 0.6 is 0 Å². The first-order valence-corrected chi connectivity index (χ1v) is 7.22. The number of rotatable bonds is 3. The van der Waals surface area contributed by atoms with Crippen molar-refractivity contribution in [3.8, 4) is 28.4 Å². The van der Waals surface area contributed by atoms with E-state index in [2.05, 4.69) is 15.3 Å². The molecule has 0 aliphatic carbocycles. The van der Waals surface area contributed by atoms with E-state index in [0.717, 1.165) is 11.3 Å². The van der Waals surface area contributed by atoms with Crippen molar-refractivity contribution in [3.63, 3.8) is 0 Å². The van der Waals surface area contributed by atoms with E-state index in [1.807, 2.05) is 30.3 Å². The van der Waals surface area contributed by atoms with Gasteiger partial charge in [-0.05, 0) is 24.3 Å². The normalized spacial score (nSPS) is 13.1. The van der Waals surface area contributed by atoms with E-state index in [1.54, 1.807) is 17.1 Å². The third-order valence-corrected chi connectivity index (χ3v) is 3.60. The van der Waals surface area contributed by atoms with E-state index in [-0.39, 0.29) is 6.61 Å². The summed E-state index contributed by atoms with van der Waals surface area (Å²) in [7, 11) is 0. The van der Waals surface area contributed by atoms with E-state index < -0.39 is 0 Å². The van der Waals surface area contributed by atoms with Crippen LogP contribution in [-0.4, -0.2) is 38.3 Å². The minimum atomic E-state index is -0.200. The van der Waals surface area contributed by atoms with Crippen molar-refractivity contribution in [1.82, 2.24) is 20.0 Å². The Morgan fingerprint density at radius 2 is 2.00 bits per heavy atom. The minimum absolute atomic E-state index is 0.200. The molecular weight excluding hydrogens is 296 g/mol. The molecule has 3 heterocycles. The molecule has 1 aliphatic rings. The van der Waals surface area contributed by atoms with Gasteiger partial charge in [-0.15, -0.1) is 5.10 Å². The van der Waals surface area contributed by atoms with Crippen LogP contribution in [0.5, 0.6) is 11.5 Å². The largest absolute Gasteiger partial charge is 0.486 e. The highest BCUT2D eigenvalue weighted by molar-refractivity contribution is 5.64. The molecule has 0 amide bonds. The highest BCUT2D eigenvalue weighted by Crippen LogP contribution is 2.33. The maximum Gasteiger partial charge on any atom is 0.163 e. The lowest BCUT2D eigenvalue weighted by molar-refractivity contribution is 0.171. The number of aliphatic hydroxyl groups is 1. The molecule has 0 radical (unpaired) electrons. The molecule has 1 aliphatic heterocycles. The molecular formula is C16H14N4O3. The Hall–Kier alpha value is -2.93. The van der Waals surface area contributed by atoms with Crippen LogP contribution in [0.25, 0.3) is 16.9 Å². The number of aromatic nitrogens is 4. The molecule has 0 unspecified atom stereocenters. The number of hydrogen-bond donors (Lipinski definition) is 1. The van der Waals surface area contributed by atoms with E-state index in [0.29, 0.717) is 36.1 Å². The second kappa shape index (κ2) is 5.69. The molecule has 4 rings (SSSR count). The lowest BCUT2D eigenvalue weighted by atomic mass is 10.1. The van der Waals surface area contributed by atoms with Gasteiger partial charge in [0.15, 0.2) is 11.5 Å². The first-order valence-electron chi connectivity index (χ1n) is 7.22. The quantitative estimate of drug-likeness (QED) is 0.791. The van der Waals surface area contributed by atoms with Crippen LogP contribution in [-0.2, 0) is 6.61 Å². The van der Waals surface area contributed by atoms with Crippen molar-refractivity contribution in [3.05, 3.63) is 48.4 Å². The monoisotopic (exact) mass is 310 g/mol. The van der Waals surface area contributed by atoms with Gasteiger partial charge in [0.25, 0.3) is 0 Å². The lowest BCUT2D eigenvalue weighted by Crippen LogP contribution is -2.15. The molecule has 0 spiro atoms. The molecule has 3 aromatic rings. The summed E-state index contributed by atoms with van der Waals surface area (Å²) in [5.74, 6) is 1.39. The van der Waals surface area contributed by atoms with E-state index in [9.17, 15) is 5.11 Å². The van der Waals surface area contributed by atoms with Gasteiger partial charge in [0.1, 0.15) is 24.6 Å². The zero-order valence-corrected chi connectivity index (χ0v) is 12.2. The summed E-state index contributed by atoms with van der Waals surface area (Å²) < 4.78 is 12.8. The number of nitrogens with zero attached hydrogens (tertiary/aromatic N) is 4. The maximum absolute atomic E-state index is 9.55. The van der Waals surface area contributed by atoms with Crippen LogP contribution in [0.15, 0.2) is 42.7 Å². The topological polar surface area (TPSA) is 82.3 Å². The van der Waals surface area contributed by atoms with E-state index in [1.165, 1.54) is 0 Å². The van der Waals surface area contributed by atoms with Crippen LogP contribution in [0.1, 0.15) is 5.69 Å².